The van der Waals surface area contributed by atoms with E-state index in [4.69, 9.17) is 21.7 Å². The number of anilines is 2. The molecule has 0 radical (unpaired) electrons. The largest absolute Gasteiger partial charge is 0.497 e. The molecule has 1 aromatic carbocycles. The second-order valence-corrected chi connectivity index (χ2v) is 8.10. The predicted octanol–water partition coefficient (Wildman–Crippen LogP) is 4.87. The van der Waals surface area contributed by atoms with Crippen LogP contribution in [0.5, 0.6) is 5.75 Å². The molecule has 0 saturated heterocycles. The van der Waals surface area contributed by atoms with Crippen LogP contribution in [0.1, 0.15) is 41.1 Å². The fraction of sp³-hybridized carbons (Fsp3) is 0.400. The molecular formula is C20H24N2O3S2. The first-order valence-electron chi connectivity index (χ1n) is 9.05. The highest BCUT2D eigenvalue weighted by Gasteiger charge is 2.28. The summed E-state index contributed by atoms with van der Waals surface area (Å²) in [6.07, 6.45) is 2.98. The maximum absolute atomic E-state index is 12.6. The topological polar surface area (TPSA) is 59.6 Å². The van der Waals surface area contributed by atoms with Gasteiger partial charge in [-0.2, -0.15) is 0 Å². The van der Waals surface area contributed by atoms with Gasteiger partial charge in [0.1, 0.15) is 10.8 Å². The summed E-state index contributed by atoms with van der Waals surface area (Å²) in [5.41, 5.74) is 2.61. The Balaban J connectivity index is 1.80. The monoisotopic (exact) mass is 404 g/mol. The van der Waals surface area contributed by atoms with Gasteiger partial charge in [-0.1, -0.05) is 6.92 Å². The van der Waals surface area contributed by atoms with E-state index in [1.54, 1.807) is 18.4 Å². The van der Waals surface area contributed by atoms with E-state index in [0.29, 0.717) is 23.2 Å². The molecule has 3 rings (SSSR count). The van der Waals surface area contributed by atoms with Gasteiger partial charge in [0.25, 0.3) is 0 Å². The molecule has 0 aliphatic heterocycles. The molecule has 0 fully saturated rings. The highest BCUT2D eigenvalue weighted by atomic mass is 32.1. The molecule has 27 heavy (non-hydrogen) atoms. The molecule has 1 aliphatic rings. The fourth-order valence-electron chi connectivity index (χ4n) is 3.20. The molecule has 144 valence electrons. The van der Waals surface area contributed by atoms with Crippen LogP contribution < -0.4 is 15.4 Å². The van der Waals surface area contributed by atoms with E-state index >= 15 is 0 Å². The third-order valence-electron chi connectivity index (χ3n) is 4.57. The van der Waals surface area contributed by atoms with E-state index in [1.807, 2.05) is 31.2 Å². The molecule has 0 bridgehead atoms. The van der Waals surface area contributed by atoms with Crippen LogP contribution >= 0.6 is 23.6 Å². The van der Waals surface area contributed by atoms with Gasteiger partial charge in [0.15, 0.2) is 5.11 Å². The number of methoxy groups -OCH3 is 1. The summed E-state index contributed by atoms with van der Waals surface area (Å²) >= 11 is 7.06. The molecule has 2 aromatic rings. The van der Waals surface area contributed by atoms with Crippen LogP contribution in [-0.4, -0.2) is 24.8 Å². The van der Waals surface area contributed by atoms with Crippen molar-refractivity contribution in [3.63, 3.8) is 0 Å². The molecule has 1 heterocycles. The standard InChI is InChI=1S/C20H24N2O3S2/c1-4-25-19(23)17-15-10-5-12(2)11-16(15)27-18(17)22-20(26)21-13-6-8-14(24-3)9-7-13/h6-9,12H,4-5,10-11H2,1-3H3,(H2,21,22,26)/t12-/m1/s1. The highest BCUT2D eigenvalue weighted by Crippen LogP contribution is 2.40. The summed E-state index contributed by atoms with van der Waals surface area (Å²) in [5, 5.41) is 7.56. The summed E-state index contributed by atoms with van der Waals surface area (Å²) in [7, 11) is 1.63. The third kappa shape index (κ3) is 4.59. The molecule has 2 N–H and O–H groups in total. The zero-order chi connectivity index (χ0) is 19.4. The first-order valence-corrected chi connectivity index (χ1v) is 10.3. The Morgan fingerprint density at radius 1 is 1.30 bits per heavy atom. The molecule has 7 heteroatoms. The van der Waals surface area contributed by atoms with E-state index in [9.17, 15) is 4.79 Å². The Morgan fingerprint density at radius 2 is 2.04 bits per heavy atom. The van der Waals surface area contributed by atoms with E-state index in [1.165, 1.54) is 4.88 Å². The van der Waals surface area contributed by atoms with Gasteiger partial charge in [-0.25, -0.2) is 4.79 Å². The SMILES string of the molecule is CCOC(=O)c1c(NC(=S)Nc2ccc(OC)cc2)sc2c1CC[C@@H](C)C2. The van der Waals surface area contributed by atoms with Gasteiger partial charge in [0.05, 0.1) is 19.3 Å². The number of thiophene rings is 1. The van der Waals surface area contributed by atoms with E-state index in [-0.39, 0.29) is 5.97 Å². The van der Waals surface area contributed by atoms with Crippen molar-refractivity contribution in [1.82, 2.24) is 0 Å². The number of hydrogen-bond donors (Lipinski definition) is 2. The van der Waals surface area contributed by atoms with Crippen LogP contribution in [0, 0.1) is 5.92 Å². The molecule has 5 nitrogen and oxygen atoms in total. The highest BCUT2D eigenvalue weighted by molar-refractivity contribution is 7.80. The van der Waals surface area contributed by atoms with Gasteiger partial charge in [0.2, 0.25) is 0 Å². The van der Waals surface area contributed by atoms with Gasteiger partial charge in [-0.05, 0) is 74.2 Å². The van der Waals surface area contributed by atoms with E-state index in [2.05, 4.69) is 17.6 Å². The van der Waals surface area contributed by atoms with Crippen LogP contribution in [0.4, 0.5) is 10.7 Å². The number of thiocarbonyl (C=S) groups is 1. The third-order valence-corrected chi connectivity index (χ3v) is 5.94. The number of nitrogens with one attached hydrogen (secondary N) is 2. The minimum absolute atomic E-state index is 0.278. The van der Waals surface area contributed by atoms with Gasteiger partial charge in [-0.3, -0.25) is 0 Å². The van der Waals surface area contributed by atoms with Crippen molar-refractivity contribution in [1.29, 1.82) is 0 Å². The van der Waals surface area contributed by atoms with Crippen molar-refractivity contribution in [3.8, 4) is 5.75 Å². The number of fused-ring (bicyclic) bond motifs is 1. The lowest BCUT2D eigenvalue weighted by Gasteiger charge is -2.18. The Labute approximate surface area is 169 Å². The minimum atomic E-state index is -0.278. The number of esters is 1. The van der Waals surface area contributed by atoms with Crippen LogP contribution in [0.3, 0.4) is 0 Å². The average molecular weight is 405 g/mol. The average Bonchev–Trinajstić information content (AvgIpc) is 2.99. The first kappa shape index (κ1) is 19.6. The molecule has 0 saturated carbocycles. The molecule has 1 atom stereocenters. The van der Waals surface area contributed by atoms with Crippen LogP contribution in [0.2, 0.25) is 0 Å². The first-order chi connectivity index (χ1) is 13.0. The molecular weight excluding hydrogens is 380 g/mol. The fourth-order valence-corrected chi connectivity index (χ4v) is 4.89. The second-order valence-electron chi connectivity index (χ2n) is 6.58. The van der Waals surface area contributed by atoms with Crippen molar-refractivity contribution in [2.45, 2.75) is 33.1 Å². The van der Waals surface area contributed by atoms with Gasteiger partial charge < -0.3 is 20.1 Å². The van der Waals surface area contributed by atoms with Crippen molar-refractivity contribution >= 4 is 45.3 Å². The number of rotatable bonds is 5. The number of hydrogen-bond acceptors (Lipinski definition) is 5. The van der Waals surface area contributed by atoms with E-state index < -0.39 is 0 Å². The number of benzene rings is 1. The predicted molar refractivity (Wildman–Crippen MR) is 114 cm³/mol. The molecule has 0 unspecified atom stereocenters. The molecule has 1 aromatic heterocycles. The van der Waals surface area contributed by atoms with Crippen LogP contribution in [0.15, 0.2) is 24.3 Å². The number of ether oxygens (including phenoxy) is 2. The summed E-state index contributed by atoms with van der Waals surface area (Å²) in [5.74, 6) is 1.13. The van der Waals surface area contributed by atoms with Gasteiger partial charge in [0, 0.05) is 10.6 Å². The maximum atomic E-state index is 12.6. The summed E-state index contributed by atoms with van der Waals surface area (Å²) in [4.78, 5) is 13.8. The zero-order valence-electron chi connectivity index (χ0n) is 15.8. The Morgan fingerprint density at radius 3 is 2.70 bits per heavy atom. The normalized spacial score (nSPS) is 15.6. The lowest BCUT2D eigenvalue weighted by molar-refractivity contribution is 0.0526. The molecule has 0 amide bonds. The minimum Gasteiger partial charge on any atom is -0.497 e. The molecule has 1 aliphatic carbocycles. The van der Waals surface area contributed by atoms with Gasteiger partial charge in [-0.15, -0.1) is 11.3 Å². The van der Waals surface area contributed by atoms with E-state index in [0.717, 1.165) is 41.3 Å². The lowest BCUT2D eigenvalue weighted by atomic mass is 9.88. The summed E-state index contributed by atoms with van der Waals surface area (Å²) in [6.45, 7) is 4.42. The van der Waals surface area contributed by atoms with Crippen molar-refractivity contribution in [2.24, 2.45) is 5.92 Å². The van der Waals surface area contributed by atoms with Gasteiger partial charge >= 0.3 is 5.97 Å². The summed E-state index contributed by atoms with van der Waals surface area (Å²) in [6, 6.07) is 7.50. The van der Waals surface area contributed by atoms with Crippen molar-refractivity contribution in [3.05, 3.63) is 40.3 Å². The Hall–Kier alpha value is -2.12. The Bertz CT molecular complexity index is 830. The Kier molecular flexibility index (Phi) is 6.34. The second kappa shape index (κ2) is 8.71. The molecule has 0 spiro atoms. The number of carbonyl (C=O) groups is 1. The van der Waals surface area contributed by atoms with Crippen LogP contribution in [-0.2, 0) is 17.6 Å². The number of carbonyl (C=O) groups excluding carboxylic acids is 1. The van der Waals surface area contributed by atoms with Crippen molar-refractivity contribution < 1.29 is 14.3 Å². The summed E-state index contributed by atoms with van der Waals surface area (Å²) < 4.78 is 10.5. The zero-order valence-corrected chi connectivity index (χ0v) is 17.4. The van der Waals surface area contributed by atoms with Crippen molar-refractivity contribution in [2.75, 3.05) is 24.4 Å². The maximum Gasteiger partial charge on any atom is 0.341 e. The lowest BCUT2D eigenvalue weighted by Crippen LogP contribution is -2.20. The smallest absolute Gasteiger partial charge is 0.341 e. The quantitative estimate of drug-likeness (QED) is 0.548. The van der Waals surface area contributed by atoms with Crippen LogP contribution in [0.25, 0.3) is 0 Å².